The molecule has 5 nitrogen and oxygen atoms in total. The molecule has 1 aliphatic rings. The Hall–Kier alpha value is -1.60. The molecule has 1 amide bonds. The molecule has 1 fully saturated rings. The Morgan fingerprint density at radius 3 is 2.56 bits per heavy atom. The van der Waals surface area contributed by atoms with Crippen molar-refractivity contribution >= 4 is 74.6 Å². The predicted molar refractivity (Wildman–Crippen MR) is 138 cm³/mol. The maximum atomic E-state index is 12.5. The summed E-state index contributed by atoms with van der Waals surface area (Å²) in [5.74, 6) is 0.0656. The van der Waals surface area contributed by atoms with Gasteiger partial charge in [0.2, 0.25) is 9.70 Å². The van der Waals surface area contributed by atoms with E-state index in [0.717, 1.165) is 29.3 Å². The number of nitrogens with zero attached hydrogens (tertiary/aromatic N) is 1. The number of hydrogen-bond acceptors (Lipinski definition) is 3. The molecule has 1 aromatic carbocycles. The summed E-state index contributed by atoms with van der Waals surface area (Å²) in [4.78, 5) is 16.9. The van der Waals surface area contributed by atoms with Gasteiger partial charge < -0.3 is 16.0 Å². The zero-order valence-corrected chi connectivity index (χ0v) is 20.9. The lowest BCUT2D eigenvalue weighted by atomic mass is 10.00. The van der Waals surface area contributed by atoms with Gasteiger partial charge in [0.25, 0.3) is 0 Å². The van der Waals surface area contributed by atoms with E-state index in [1.54, 1.807) is 6.20 Å². The first kappa shape index (κ1) is 25.0. The van der Waals surface area contributed by atoms with E-state index >= 15 is 0 Å². The van der Waals surface area contributed by atoms with Gasteiger partial charge in [-0.15, -0.1) is 0 Å². The number of aryl methyl sites for hydroxylation is 1. The first-order chi connectivity index (χ1) is 15.2. The zero-order chi connectivity index (χ0) is 23.1. The van der Waals surface area contributed by atoms with Gasteiger partial charge in [-0.3, -0.25) is 9.78 Å². The van der Waals surface area contributed by atoms with Crippen molar-refractivity contribution < 1.29 is 4.79 Å². The molecule has 1 heterocycles. The molecule has 172 valence electrons. The van der Waals surface area contributed by atoms with Gasteiger partial charge in [0, 0.05) is 11.6 Å². The van der Waals surface area contributed by atoms with Gasteiger partial charge in [-0.1, -0.05) is 78.7 Å². The number of anilines is 1. The Morgan fingerprint density at radius 2 is 1.88 bits per heavy atom. The van der Waals surface area contributed by atoms with E-state index in [-0.39, 0.29) is 11.0 Å². The monoisotopic (exact) mass is 512 g/mol. The standard InChI is InChI=1S/C23H27Cl3N4OS/c1-15-13-14-27-20-17(15)9-6-10-18(20)28-22(32)30-21(23(24,25)26)29-19(31)12-11-16-7-4-2-3-5-8-16/h6,9-14,16,21H,2-5,7-8H2,1H3,(H,29,31)(H2,28,30,32)/b12-11+. The number of pyridine rings is 1. The van der Waals surface area contributed by atoms with Crippen molar-refractivity contribution in [3.63, 3.8) is 0 Å². The number of para-hydroxylation sites is 1. The van der Waals surface area contributed by atoms with Crippen LogP contribution in [0.3, 0.4) is 0 Å². The van der Waals surface area contributed by atoms with Gasteiger partial charge >= 0.3 is 0 Å². The Balaban J connectivity index is 1.65. The van der Waals surface area contributed by atoms with Gasteiger partial charge in [-0.25, -0.2) is 0 Å². The van der Waals surface area contributed by atoms with Crippen LogP contribution < -0.4 is 16.0 Å². The Bertz CT molecular complexity index is 985. The molecule has 3 rings (SSSR count). The fourth-order valence-electron chi connectivity index (χ4n) is 3.82. The lowest BCUT2D eigenvalue weighted by molar-refractivity contribution is -0.117. The van der Waals surface area contributed by atoms with Gasteiger partial charge in [0.15, 0.2) is 5.11 Å². The van der Waals surface area contributed by atoms with Crippen molar-refractivity contribution in [3.8, 4) is 0 Å². The maximum Gasteiger partial charge on any atom is 0.245 e. The van der Waals surface area contributed by atoms with Crippen LogP contribution in [0.25, 0.3) is 10.9 Å². The summed E-state index contributed by atoms with van der Waals surface area (Å²) in [6, 6.07) is 7.71. The number of amides is 1. The van der Waals surface area contributed by atoms with E-state index in [1.807, 2.05) is 37.3 Å². The highest BCUT2D eigenvalue weighted by molar-refractivity contribution is 7.80. The fraction of sp³-hybridized carbons (Fsp3) is 0.435. The molecule has 9 heteroatoms. The highest BCUT2D eigenvalue weighted by Gasteiger charge is 2.34. The number of carbonyl (C=O) groups excluding carboxylic acids is 1. The second-order valence-corrected chi connectivity index (χ2v) is 10.8. The number of hydrogen-bond donors (Lipinski definition) is 3. The number of halogens is 3. The van der Waals surface area contributed by atoms with Crippen LogP contribution in [-0.4, -0.2) is 26.0 Å². The van der Waals surface area contributed by atoms with Crippen molar-refractivity contribution in [2.75, 3.05) is 5.32 Å². The van der Waals surface area contributed by atoms with Crippen molar-refractivity contribution in [3.05, 3.63) is 48.2 Å². The van der Waals surface area contributed by atoms with Gasteiger partial charge in [-0.2, -0.15) is 0 Å². The van der Waals surface area contributed by atoms with Gasteiger partial charge in [0.05, 0.1) is 11.2 Å². The average Bonchev–Trinajstić information content (AvgIpc) is 3.01. The smallest absolute Gasteiger partial charge is 0.245 e. The van der Waals surface area contributed by atoms with Crippen LogP contribution in [0, 0.1) is 12.8 Å². The molecule has 1 unspecified atom stereocenters. The van der Waals surface area contributed by atoms with Crippen LogP contribution >= 0.6 is 47.0 Å². The van der Waals surface area contributed by atoms with Crippen LogP contribution in [0.1, 0.15) is 44.1 Å². The summed E-state index contributed by atoms with van der Waals surface area (Å²) >= 11 is 23.7. The van der Waals surface area contributed by atoms with Crippen molar-refractivity contribution in [1.82, 2.24) is 15.6 Å². The molecule has 0 bridgehead atoms. The van der Waals surface area contributed by atoms with Crippen LogP contribution in [0.15, 0.2) is 42.6 Å². The minimum atomic E-state index is -1.81. The summed E-state index contributed by atoms with van der Waals surface area (Å²) in [6.07, 6.45) is 11.3. The number of carbonyl (C=O) groups is 1. The average molecular weight is 514 g/mol. The third-order valence-electron chi connectivity index (χ3n) is 5.55. The topological polar surface area (TPSA) is 66.1 Å². The number of allylic oxidation sites excluding steroid dienone is 1. The largest absolute Gasteiger partial charge is 0.339 e. The minimum absolute atomic E-state index is 0.199. The van der Waals surface area contributed by atoms with E-state index in [1.165, 1.54) is 31.8 Å². The number of fused-ring (bicyclic) bond motifs is 1. The zero-order valence-electron chi connectivity index (χ0n) is 17.8. The highest BCUT2D eigenvalue weighted by Crippen LogP contribution is 2.30. The Kier molecular flexibility index (Phi) is 9.00. The summed E-state index contributed by atoms with van der Waals surface area (Å²) < 4.78 is -1.81. The quantitative estimate of drug-likeness (QED) is 0.147. The Morgan fingerprint density at radius 1 is 1.16 bits per heavy atom. The summed E-state index contributed by atoms with van der Waals surface area (Å²) in [5.41, 5.74) is 2.59. The number of thiocarbonyl (C=S) groups is 1. The summed E-state index contributed by atoms with van der Waals surface area (Å²) in [5, 5.41) is 9.89. The number of alkyl halides is 3. The van der Waals surface area contributed by atoms with Crippen LogP contribution in [0.2, 0.25) is 0 Å². The van der Waals surface area contributed by atoms with Crippen molar-refractivity contribution in [2.24, 2.45) is 5.92 Å². The molecule has 0 aliphatic heterocycles. The predicted octanol–water partition coefficient (Wildman–Crippen LogP) is 6.17. The molecule has 0 saturated heterocycles. The first-order valence-electron chi connectivity index (χ1n) is 10.7. The molecular weight excluding hydrogens is 487 g/mol. The van der Waals surface area contributed by atoms with E-state index in [4.69, 9.17) is 47.0 Å². The second-order valence-electron chi connectivity index (χ2n) is 8.02. The molecule has 3 N–H and O–H groups in total. The van der Waals surface area contributed by atoms with E-state index in [9.17, 15) is 4.79 Å². The molecule has 2 aromatic rings. The second kappa shape index (κ2) is 11.5. The fourth-order valence-corrected chi connectivity index (χ4v) is 4.38. The third-order valence-corrected chi connectivity index (χ3v) is 6.42. The van der Waals surface area contributed by atoms with Crippen molar-refractivity contribution in [2.45, 2.75) is 55.4 Å². The molecular formula is C23H27Cl3N4OS. The Labute approximate surface area is 209 Å². The maximum absolute atomic E-state index is 12.5. The molecule has 32 heavy (non-hydrogen) atoms. The molecule has 1 saturated carbocycles. The van der Waals surface area contributed by atoms with Gasteiger partial charge in [0.1, 0.15) is 6.17 Å². The summed E-state index contributed by atoms with van der Waals surface area (Å²) in [6.45, 7) is 2.02. The molecule has 0 spiro atoms. The van der Waals surface area contributed by atoms with E-state index < -0.39 is 9.96 Å². The number of nitrogens with one attached hydrogen (secondary N) is 3. The lowest BCUT2D eigenvalue weighted by Crippen LogP contribution is -2.55. The van der Waals surface area contributed by atoms with Gasteiger partial charge in [-0.05, 0) is 61.7 Å². The third kappa shape index (κ3) is 7.20. The van der Waals surface area contributed by atoms with Crippen molar-refractivity contribution in [1.29, 1.82) is 0 Å². The number of rotatable bonds is 5. The van der Waals surface area contributed by atoms with Crippen LogP contribution in [0.5, 0.6) is 0 Å². The highest BCUT2D eigenvalue weighted by atomic mass is 35.6. The molecule has 1 atom stereocenters. The number of aromatic nitrogens is 1. The van der Waals surface area contributed by atoms with Crippen LogP contribution in [-0.2, 0) is 4.79 Å². The van der Waals surface area contributed by atoms with E-state index in [2.05, 4.69) is 20.9 Å². The minimum Gasteiger partial charge on any atom is -0.339 e. The molecule has 1 aliphatic carbocycles. The van der Waals surface area contributed by atoms with Crippen LogP contribution in [0.4, 0.5) is 5.69 Å². The van der Waals surface area contributed by atoms with E-state index in [0.29, 0.717) is 11.6 Å². The number of benzene rings is 1. The lowest BCUT2D eigenvalue weighted by Gasteiger charge is -2.27. The normalized spacial score (nSPS) is 16.5. The molecule has 0 radical (unpaired) electrons. The molecule has 1 aromatic heterocycles. The summed E-state index contributed by atoms with van der Waals surface area (Å²) in [7, 11) is 0. The first-order valence-corrected chi connectivity index (χ1v) is 12.3. The SMILES string of the molecule is Cc1ccnc2c(NC(=S)NC(NC(=O)/C=C/C3CCCCCC3)C(Cl)(Cl)Cl)cccc12.